The highest BCUT2D eigenvalue weighted by molar-refractivity contribution is 5.98. The summed E-state index contributed by atoms with van der Waals surface area (Å²) in [5.74, 6) is -2.19. The van der Waals surface area contributed by atoms with Crippen LogP contribution >= 0.6 is 0 Å². The fourth-order valence-electron chi connectivity index (χ4n) is 5.15. The van der Waals surface area contributed by atoms with Crippen molar-refractivity contribution in [1.82, 2.24) is 26.6 Å². The van der Waals surface area contributed by atoms with Gasteiger partial charge in [0.25, 0.3) is 5.91 Å². The summed E-state index contributed by atoms with van der Waals surface area (Å²) in [5.41, 5.74) is 0.129. The molecule has 260 valence electrons. The highest BCUT2D eigenvalue weighted by Gasteiger charge is 2.31. The molecule has 0 radical (unpaired) electrons. The van der Waals surface area contributed by atoms with Crippen molar-refractivity contribution < 1.29 is 28.7 Å². The number of carbonyl (C=O) groups excluding carboxylic acids is 5. The van der Waals surface area contributed by atoms with Crippen molar-refractivity contribution in [2.45, 2.75) is 125 Å². The molecule has 0 aliphatic rings. The van der Waals surface area contributed by atoms with Crippen LogP contribution < -0.4 is 31.3 Å². The zero-order chi connectivity index (χ0) is 35.0. The van der Waals surface area contributed by atoms with E-state index in [1.165, 1.54) is 18.3 Å². The van der Waals surface area contributed by atoms with Crippen molar-refractivity contribution in [3.63, 3.8) is 0 Å². The molecule has 0 unspecified atom stereocenters. The van der Waals surface area contributed by atoms with Gasteiger partial charge < -0.3 is 31.8 Å². The summed E-state index contributed by atoms with van der Waals surface area (Å²) in [6.07, 6.45) is 5.77. The molecule has 0 saturated heterocycles. The maximum absolute atomic E-state index is 13.6. The number of hydrogen-bond donors (Lipinski definition) is 5. The van der Waals surface area contributed by atoms with Gasteiger partial charge in [-0.05, 0) is 56.4 Å². The SMILES string of the molecule is CCC[C@H](NC(=O)[C@@H](NC(=O)c1ccc[n+]([O-])c1)[C@@H](C)CC)C(=O)N[C@H](CC[C@@H](C)C(=O)N[C@H](C(=O)NCC)C(C)C)CC(C)C. The van der Waals surface area contributed by atoms with Crippen LogP contribution in [-0.2, 0) is 19.2 Å². The van der Waals surface area contributed by atoms with Crippen molar-refractivity contribution in [1.29, 1.82) is 0 Å². The average molecular weight is 647 g/mol. The minimum absolute atomic E-state index is 0.0716. The Balaban J connectivity index is 2.98. The first kappa shape index (κ1) is 40.3. The van der Waals surface area contributed by atoms with Gasteiger partial charge in [-0.2, -0.15) is 4.73 Å². The summed E-state index contributed by atoms with van der Waals surface area (Å²) in [5, 5.41) is 26.0. The number of pyridine rings is 1. The summed E-state index contributed by atoms with van der Waals surface area (Å²) in [7, 11) is 0. The quantitative estimate of drug-likeness (QED) is 0.108. The molecule has 12 heteroatoms. The van der Waals surface area contributed by atoms with Crippen LogP contribution in [0.15, 0.2) is 24.5 Å². The topological polar surface area (TPSA) is 172 Å². The molecule has 0 aliphatic carbocycles. The van der Waals surface area contributed by atoms with Gasteiger partial charge >= 0.3 is 0 Å². The first-order chi connectivity index (χ1) is 21.6. The predicted molar refractivity (Wildman–Crippen MR) is 178 cm³/mol. The molecule has 0 aliphatic heterocycles. The second kappa shape index (κ2) is 20.4. The third kappa shape index (κ3) is 13.7. The fraction of sp³-hybridized carbons (Fsp3) is 0.706. The summed E-state index contributed by atoms with van der Waals surface area (Å²) in [4.78, 5) is 65.4. The van der Waals surface area contributed by atoms with Crippen LogP contribution in [-0.4, -0.2) is 60.2 Å². The Labute approximate surface area is 275 Å². The molecule has 0 bridgehead atoms. The van der Waals surface area contributed by atoms with Crippen molar-refractivity contribution in [3.8, 4) is 0 Å². The maximum atomic E-state index is 13.6. The van der Waals surface area contributed by atoms with E-state index in [-0.39, 0.29) is 53.0 Å². The Bertz CT molecular complexity index is 1140. The molecule has 46 heavy (non-hydrogen) atoms. The van der Waals surface area contributed by atoms with E-state index < -0.39 is 29.9 Å². The van der Waals surface area contributed by atoms with Crippen LogP contribution in [0.3, 0.4) is 0 Å². The number of amides is 5. The number of carbonyl (C=O) groups is 5. The Morgan fingerprint density at radius 1 is 0.783 bits per heavy atom. The second-order valence-electron chi connectivity index (χ2n) is 13.1. The van der Waals surface area contributed by atoms with E-state index in [0.29, 0.717) is 49.8 Å². The zero-order valence-electron chi connectivity index (χ0n) is 29.3. The van der Waals surface area contributed by atoms with Gasteiger partial charge in [0.05, 0.1) is 0 Å². The Morgan fingerprint density at radius 3 is 2.00 bits per heavy atom. The second-order valence-corrected chi connectivity index (χ2v) is 13.1. The lowest BCUT2D eigenvalue weighted by Gasteiger charge is -2.28. The molecule has 5 N–H and O–H groups in total. The Morgan fingerprint density at radius 2 is 1.46 bits per heavy atom. The molecule has 0 aromatic carbocycles. The lowest BCUT2D eigenvalue weighted by Crippen LogP contribution is -2.56. The molecule has 1 aromatic rings. The van der Waals surface area contributed by atoms with Crippen LogP contribution in [0.2, 0.25) is 0 Å². The minimum Gasteiger partial charge on any atom is -0.619 e. The molecule has 1 rings (SSSR count). The lowest BCUT2D eigenvalue weighted by atomic mass is 9.94. The normalized spacial score (nSPS) is 15.2. The van der Waals surface area contributed by atoms with Crippen molar-refractivity contribution in [2.24, 2.45) is 23.7 Å². The summed E-state index contributed by atoms with van der Waals surface area (Å²) >= 11 is 0. The van der Waals surface area contributed by atoms with Gasteiger partial charge in [0.2, 0.25) is 23.6 Å². The van der Waals surface area contributed by atoms with Gasteiger partial charge in [0.1, 0.15) is 23.7 Å². The fourth-order valence-corrected chi connectivity index (χ4v) is 5.15. The zero-order valence-corrected chi connectivity index (χ0v) is 29.3. The highest BCUT2D eigenvalue weighted by Crippen LogP contribution is 2.17. The first-order valence-corrected chi connectivity index (χ1v) is 16.8. The summed E-state index contributed by atoms with van der Waals surface area (Å²) in [6.45, 7) is 17.7. The molecule has 12 nitrogen and oxygen atoms in total. The van der Waals surface area contributed by atoms with Gasteiger partial charge in [0, 0.05) is 24.6 Å². The van der Waals surface area contributed by atoms with E-state index >= 15 is 0 Å². The Kier molecular flexibility index (Phi) is 17.9. The monoisotopic (exact) mass is 646 g/mol. The van der Waals surface area contributed by atoms with Crippen LogP contribution in [0.5, 0.6) is 0 Å². The van der Waals surface area contributed by atoms with E-state index in [0.717, 1.165) is 6.20 Å². The van der Waals surface area contributed by atoms with E-state index in [1.54, 1.807) is 0 Å². The van der Waals surface area contributed by atoms with E-state index in [4.69, 9.17) is 0 Å². The van der Waals surface area contributed by atoms with Gasteiger partial charge in [0.15, 0.2) is 12.4 Å². The van der Waals surface area contributed by atoms with Gasteiger partial charge in [-0.1, -0.05) is 68.2 Å². The van der Waals surface area contributed by atoms with E-state index in [2.05, 4.69) is 40.4 Å². The molecular formula is C34H58N6O6. The number of likely N-dealkylation sites (N-methyl/N-ethyl adjacent to an activating group) is 1. The number of rotatable bonds is 20. The molecule has 0 fully saturated rings. The van der Waals surface area contributed by atoms with Gasteiger partial charge in [-0.3, -0.25) is 24.0 Å². The third-order valence-electron chi connectivity index (χ3n) is 8.13. The van der Waals surface area contributed by atoms with Crippen LogP contribution in [0.1, 0.15) is 111 Å². The molecule has 1 aromatic heterocycles. The largest absolute Gasteiger partial charge is 0.619 e. The molecule has 0 saturated carbocycles. The van der Waals surface area contributed by atoms with Crippen LogP contribution in [0, 0.1) is 28.9 Å². The number of hydrogen-bond acceptors (Lipinski definition) is 6. The molecule has 5 amide bonds. The van der Waals surface area contributed by atoms with Gasteiger partial charge in [-0.25, -0.2) is 0 Å². The van der Waals surface area contributed by atoms with E-state index in [1.807, 2.05) is 48.5 Å². The van der Waals surface area contributed by atoms with Crippen molar-refractivity contribution in [3.05, 3.63) is 35.3 Å². The maximum Gasteiger partial charge on any atom is 0.258 e. The predicted octanol–water partition coefficient (Wildman–Crippen LogP) is 2.97. The standard InChI is InChI=1S/C34H58N6O6/c1-10-14-27(37-34(45)29(23(8)11-2)39-31(42)25-15-13-18-40(46)20-25)32(43)36-26(19-21(4)5)17-16-24(9)30(41)38-28(22(6)7)33(44)35-12-3/h13,15,18,20-24,26-29H,10-12,14,16-17,19H2,1-9H3,(H,35,44)(H,36,43)(H,37,45)(H,38,41)(H,39,42)/t23-,24+,26+,27-,28-,29-/m0/s1. The number of nitrogens with zero attached hydrogens (tertiary/aromatic N) is 1. The lowest BCUT2D eigenvalue weighted by molar-refractivity contribution is -0.605. The van der Waals surface area contributed by atoms with Crippen LogP contribution in [0.25, 0.3) is 0 Å². The minimum atomic E-state index is -0.912. The third-order valence-corrected chi connectivity index (χ3v) is 8.13. The molecular weight excluding hydrogens is 588 g/mol. The highest BCUT2D eigenvalue weighted by atomic mass is 16.5. The molecule has 1 heterocycles. The Hall–Kier alpha value is -3.70. The number of aromatic nitrogens is 1. The number of nitrogens with one attached hydrogen (secondary N) is 5. The van der Waals surface area contributed by atoms with Crippen molar-refractivity contribution in [2.75, 3.05) is 6.54 Å². The molecule has 6 atom stereocenters. The van der Waals surface area contributed by atoms with Crippen LogP contribution in [0.4, 0.5) is 0 Å². The first-order valence-electron chi connectivity index (χ1n) is 16.8. The van der Waals surface area contributed by atoms with Crippen molar-refractivity contribution >= 4 is 29.5 Å². The summed E-state index contributed by atoms with van der Waals surface area (Å²) in [6, 6.07) is 0.361. The summed E-state index contributed by atoms with van der Waals surface area (Å²) < 4.78 is 0.518. The average Bonchev–Trinajstić information content (AvgIpc) is 2.99. The van der Waals surface area contributed by atoms with Gasteiger partial charge in [-0.15, -0.1) is 0 Å². The van der Waals surface area contributed by atoms with E-state index in [9.17, 15) is 29.2 Å². The molecule has 0 spiro atoms. The smallest absolute Gasteiger partial charge is 0.258 e.